The van der Waals surface area contributed by atoms with Crippen LogP contribution < -0.4 is 10.0 Å². The summed E-state index contributed by atoms with van der Waals surface area (Å²) in [7, 11) is -1.64. The van der Waals surface area contributed by atoms with Crippen molar-refractivity contribution in [2.75, 3.05) is 20.1 Å². The van der Waals surface area contributed by atoms with Gasteiger partial charge in [0, 0.05) is 24.0 Å². The third kappa shape index (κ3) is 4.40. The normalized spacial score (nSPS) is 22.3. The fraction of sp³-hybridized carbons (Fsp3) is 0.692. The number of thiophene rings is 1. The maximum absolute atomic E-state index is 12.6. The molecule has 0 radical (unpaired) electrons. The van der Waals surface area contributed by atoms with Gasteiger partial charge >= 0.3 is 0 Å². The van der Waals surface area contributed by atoms with Gasteiger partial charge in [-0.15, -0.1) is 11.3 Å². The standard InChI is InChI=1S/C13H22ClN3O2S2/c1-10(12-6-7-13(14)20-12)16-21(18,19)17-8-4-3-5-11(17)9-15-2/h6-7,10-11,15-16H,3-5,8-9H2,1-2H3. The molecular formula is C13H22ClN3O2S2. The molecule has 120 valence electrons. The molecule has 8 heteroatoms. The molecule has 1 aliphatic rings. The highest BCUT2D eigenvalue weighted by Gasteiger charge is 2.32. The maximum Gasteiger partial charge on any atom is 0.280 e. The average Bonchev–Trinajstić information content (AvgIpc) is 2.86. The molecule has 1 fully saturated rings. The maximum atomic E-state index is 12.6. The molecular weight excluding hydrogens is 330 g/mol. The second-order valence-corrected chi connectivity index (χ2v) is 8.71. The summed E-state index contributed by atoms with van der Waals surface area (Å²) in [5, 5.41) is 3.08. The van der Waals surface area contributed by atoms with Crippen molar-refractivity contribution in [1.29, 1.82) is 0 Å². The van der Waals surface area contributed by atoms with Crippen molar-refractivity contribution in [2.24, 2.45) is 0 Å². The number of hydrogen-bond donors (Lipinski definition) is 2. The van der Waals surface area contributed by atoms with Gasteiger partial charge in [-0.1, -0.05) is 18.0 Å². The van der Waals surface area contributed by atoms with Gasteiger partial charge in [-0.05, 0) is 38.9 Å². The summed E-state index contributed by atoms with van der Waals surface area (Å²) in [6, 6.07) is 3.41. The highest BCUT2D eigenvalue weighted by Crippen LogP contribution is 2.28. The molecule has 21 heavy (non-hydrogen) atoms. The molecule has 2 N–H and O–H groups in total. The first-order valence-electron chi connectivity index (χ1n) is 7.13. The van der Waals surface area contributed by atoms with Crippen LogP contribution in [0.5, 0.6) is 0 Å². The van der Waals surface area contributed by atoms with Crippen molar-refractivity contribution in [2.45, 2.75) is 38.3 Å². The molecule has 2 heterocycles. The number of nitrogens with one attached hydrogen (secondary N) is 2. The molecule has 5 nitrogen and oxygen atoms in total. The Labute approximate surface area is 135 Å². The summed E-state index contributed by atoms with van der Waals surface area (Å²) in [6.45, 7) is 3.11. The largest absolute Gasteiger partial charge is 0.318 e. The fourth-order valence-corrected chi connectivity index (χ4v) is 5.43. The number of nitrogens with zero attached hydrogens (tertiary/aromatic N) is 1. The van der Waals surface area contributed by atoms with Gasteiger partial charge < -0.3 is 5.32 Å². The number of piperidine rings is 1. The van der Waals surface area contributed by atoms with Crippen molar-refractivity contribution in [1.82, 2.24) is 14.3 Å². The Morgan fingerprint density at radius 2 is 2.24 bits per heavy atom. The van der Waals surface area contributed by atoms with Crippen LogP contribution in [-0.4, -0.2) is 38.9 Å². The summed E-state index contributed by atoms with van der Waals surface area (Å²) < 4.78 is 30.3. The Bertz CT molecular complexity index is 560. The highest BCUT2D eigenvalue weighted by molar-refractivity contribution is 7.87. The molecule has 1 aromatic heterocycles. The monoisotopic (exact) mass is 351 g/mol. The van der Waals surface area contributed by atoms with Crippen LogP contribution in [0.15, 0.2) is 12.1 Å². The van der Waals surface area contributed by atoms with E-state index in [-0.39, 0.29) is 12.1 Å². The van der Waals surface area contributed by atoms with E-state index in [9.17, 15) is 8.42 Å². The molecule has 2 atom stereocenters. The number of hydrogen-bond acceptors (Lipinski definition) is 4. The molecule has 1 saturated heterocycles. The van der Waals surface area contributed by atoms with Crippen molar-refractivity contribution in [3.8, 4) is 0 Å². The van der Waals surface area contributed by atoms with Crippen LogP contribution in [0.3, 0.4) is 0 Å². The van der Waals surface area contributed by atoms with Crippen molar-refractivity contribution in [3.05, 3.63) is 21.3 Å². The first-order chi connectivity index (χ1) is 9.94. The number of rotatable bonds is 6. The van der Waals surface area contributed by atoms with Crippen molar-refractivity contribution >= 4 is 33.1 Å². The molecule has 0 bridgehead atoms. The smallest absolute Gasteiger partial charge is 0.280 e. The number of halogens is 1. The van der Waals surface area contributed by atoms with E-state index >= 15 is 0 Å². The molecule has 2 unspecified atom stereocenters. The lowest BCUT2D eigenvalue weighted by molar-refractivity contribution is 0.245. The van der Waals surface area contributed by atoms with Crippen LogP contribution in [0.1, 0.15) is 37.1 Å². The van der Waals surface area contributed by atoms with Crippen LogP contribution >= 0.6 is 22.9 Å². The van der Waals surface area contributed by atoms with E-state index in [1.54, 1.807) is 10.4 Å². The lowest BCUT2D eigenvalue weighted by Gasteiger charge is -2.35. The topological polar surface area (TPSA) is 61.4 Å². The van der Waals surface area contributed by atoms with E-state index in [0.717, 1.165) is 24.1 Å². The predicted octanol–water partition coefficient (Wildman–Crippen LogP) is 2.37. The molecule has 0 aliphatic carbocycles. The first-order valence-corrected chi connectivity index (χ1v) is 9.76. The molecule has 2 rings (SSSR count). The van der Waals surface area contributed by atoms with E-state index in [2.05, 4.69) is 10.0 Å². The van der Waals surface area contributed by atoms with Gasteiger partial charge in [0.15, 0.2) is 0 Å². The highest BCUT2D eigenvalue weighted by atomic mass is 35.5. The van der Waals surface area contributed by atoms with Crippen LogP contribution in [0, 0.1) is 0 Å². The van der Waals surface area contributed by atoms with Crippen LogP contribution in [0.4, 0.5) is 0 Å². The zero-order valence-electron chi connectivity index (χ0n) is 12.3. The average molecular weight is 352 g/mol. The van der Waals surface area contributed by atoms with Gasteiger partial charge in [-0.3, -0.25) is 0 Å². The van der Waals surface area contributed by atoms with Crippen LogP contribution in [-0.2, 0) is 10.2 Å². The third-order valence-corrected chi connectivity index (χ3v) is 6.83. The molecule has 0 saturated carbocycles. The summed E-state index contributed by atoms with van der Waals surface area (Å²) >= 11 is 7.31. The Balaban J connectivity index is 2.09. The molecule has 0 amide bonds. The predicted molar refractivity (Wildman–Crippen MR) is 88.1 cm³/mol. The molecule has 0 aromatic carbocycles. The van der Waals surface area contributed by atoms with Gasteiger partial charge in [-0.25, -0.2) is 0 Å². The summed E-state index contributed by atoms with van der Waals surface area (Å²) in [5.74, 6) is 0. The second kappa shape index (κ2) is 7.39. The van der Waals surface area contributed by atoms with Gasteiger partial charge in [0.1, 0.15) is 0 Å². The molecule has 1 aliphatic heterocycles. The Morgan fingerprint density at radius 3 is 2.86 bits per heavy atom. The van der Waals surface area contributed by atoms with Crippen LogP contribution in [0.2, 0.25) is 4.34 Å². The quantitative estimate of drug-likeness (QED) is 0.827. The Kier molecular flexibility index (Phi) is 6.05. The lowest BCUT2D eigenvalue weighted by Crippen LogP contribution is -2.52. The summed E-state index contributed by atoms with van der Waals surface area (Å²) in [5.41, 5.74) is 0. The summed E-state index contributed by atoms with van der Waals surface area (Å²) in [4.78, 5) is 0.922. The molecule has 1 aromatic rings. The zero-order chi connectivity index (χ0) is 15.5. The Hall–Kier alpha value is -0.180. The Morgan fingerprint density at radius 1 is 1.48 bits per heavy atom. The number of likely N-dealkylation sites (N-methyl/N-ethyl adjacent to an activating group) is 1. The van der Waals surface area contributed by atoms with Crippen molar-refractivity contribution in [3.63, 3.8) is 0 Å². The van der Waals surface area contributed by atoms with Gasteiger partial charge in [0.05, 0.1) is 10.4 Å². The first kappa shape index (κ1) is 17.2. The van der Waals surface area contributed by atoms with Crippen LogP contribution in [0.25, 0.3) is 0 Å². The van der Waals surface area contributed by atoms with Gasteiger partial charge in [-0.2, -0.15) is 17.4 Å². The summed E-state index contributed by atoms with van der Waals surface area (Å²) in [6.07, 6.45) is 2.90. The fourth-order valence-electron chi connectivity index (χ4n) is 2.64. The minimum absolute atomic E-state index is 0.0281. The van der Waals surface area contributed by atoms with Gasteiger partial charge in [0.2, 0.25) is 0 Å². The minimum Gasteiger partial charge on any atom is -0.318 e. The van der Waals surface area contributed by atoms with E-state index in [4.69, 9.17) is 11.6 Å². The van der Waals surface area contributed by atoms with E-state index in [1.807, 2.05) is 20.0 Å². The van der Waals surface area contributed by atoms with E-state index < -0.39 is 10.2 Å². The second-order valence-electron chi connectivity index (χ2n) is 5.30. The SMILES string of the molecule is CNCC1CCCCN1S(=O)(=O)NC(C)c1ccc(Cl)s1. The van der Waals surface area contributed by atoms with Gasteiger partial charge in [0.25, 0.3) is 10.2 Å². The molecule has 0 spiro atoms. The van der Waals surface area contributed by atoms with E-state index in [0.29, 0.717) is 17.4 Å². The minimum atomic E-state index is -3.49. The van der Waals surface area contributed by atoms with E-state index in [1.165, 1.54) is 11.3 Å². The third-order valence-electron chi connectivity index (χ3n) is 3.67. The zero-order valence-corrected chi connectivity index (χ0v) is 14.7. The van der Waals surface area contributed by atoms with Crippen molar-refractivity contribution < 1.29 is 8.42 Å². The lowest BCUT2D eigenvalue weighted by atomic mass is 10.1.